The summed E-state index contributed by atoms with van der Waals surface area (Å²) in [6, 6.07) is 12.2. The van der Waals surface area contributed by atoms with Gasteiger partial charge in [0.15, 0.2) is 5.75 Å². The van der Waals surface area contributed by atoms with Crippen molar-refractivity contribution in [2.75, 3.05) is 27.2 Å². The Morgan fingerprint density at radius 2 is 1.54 bits per heavy atom. The third-order valence-electron chi connectivity index (χ3n) is 5.15. The lowest BCUT2D eigenvalue weighted by Gasteiger charge is -2.31. The van der Waals surface area contributed by atoms with Crippen LogP contribution in [0.25, 0.3) is 11.1 Å². The zero-order valence-electron chi connectivity index (χ0n) is 15.3. The maximum atomic E-state index is 6.12. The van der Waals surface area contributed by atoms with Gasteiger partial charge in [-0.2, -0.15) is 0 Å². The van der Waals surface area contributed by atoms with Crippen molar-refractivity contribution in [2.24, 2.45) is 0 Å². The molecular weight excluding hydrogens is 319 g/mol. The molecule has 2 aromatic rings. The van der Waals surface area contributed by atoms with E-state index in [2.05, 4.69) is 45.6 Å². The largest absolute Gasteiger partial charge is 0.496 e. The summed E-state index contributed by atoms with van der Waals surface area (Å²) < 4.78 is 17.4. The van der Waals surface area contributed by atoms with Crippen molar-refractivity contribution in [2.45, 2.75) is 25.9 Å². The quantitative estimate of drug-likeness (QED) is 0.749. The highest BCUT2D eigenvalue weighted by Crippen LogP contribution is 2.70. The minimum Gasteiger partial charge on any atom is -0.496 e. The van der Waals surface area contributed by atoms with Crippen LogP contribution in [0.2, 0.25) is 0 Å². The van der Waals surface area contributed by atoms with E-state index in [1.54, 1.807) is 14.2 Å². The van der Waals surface area contributed by atoms with E-state index in [4.69, 9.17) is 14.2 Å². The smallest absolute Gasteiger partial charge is 0.201 e. The summed E-state index contributed by atoms with van der Waals surface area (Å²) in [6.45, 7) is 9.34. The van der Waals surface area contributed by atoms with E-state index in [1.165, 1.54) is 10.9 Å². The molecule has 3 nitrogen and oxygen atoms in total. The van der Waals surface area contributed by atoms with Crippen LogP contribution in [0.5, 0.6) is 17.2 Å². The lowest BCUT2D eigenvalue weighted by atomic mass is 10.0. The highest BCUT2D eigenvalue weighted by Gasteiger charge is 2.55. The zero-order chi connectivity index (χ0) is 17.5. The van der Waals surface area contributed by atoms with Crippen molar-refractivity contribution < 1.29 is 14.2 Å². The molecule has 1 heterocycles. The van der Waals surface area contributed by atoms with Crippen LogP contribution in [-0.2, 0) is 0 Å². The molecule has 2 aromatic carbocycles. The van der Waals surface area contributed by atoms with Gasteiger partial charge in [-0.1, -0.05) is 12.1 Å². The van der Waals surface area contributed by atoms with Crippen LogP contribution >= 0.6 is 7.26 Å². The molecule has 0 aromatic heterocycles. The van der Waals surface area contributed by atoms with Crippen molar-refractivity contribution in [3.63, 3.8) is 0 Å². The summed E-state index contributed by atoms with van der Waals surface area (Å²) in [4.78, 5) is 0. The minimum absolute atomic E-state index is 0.170. The molecule has 1 aliphatic heterocycles. The summed E-state index contributed by atoms with van der Waals surface area (Å²) in [6.07, 6.45) is 0.792. The van der Waals surface area contributed by atoms with E-state index in [1.807, 2.05) is 18.2 Å². The second-order valence-electron chi connectivity index (χ2n) is 7.33. The maximum absolute atomic E-state index is 6.12. The Morgan fingerprint density at radius 1 is 0.958 bits per heavy atom. The van der Waals surface area contributed by atoms with Gasteiger partial charge in [0.25, 0.3) is 0 Å². The molecule has 1 atom stereocenters. The van der Waals surface area contributed by atoms with Crippen LogP contribution in [0.4, 0.5) is 0 Å². The minimum atomic E-state index is -1.49. The second kappa shape index (κ2) is 5.97. The summed E-state index contributed by atoms with van der Waals surface area (Å²) in [5.41, 5.74) is 2.19. The van der Waals surface area contributed by atoms with Crippen molar-refractivity contribution in [1.29, 1.82) is 0 Å². The third-order valence-corrected chi connectivity index (χ3v) is 10.2. The van der Waals surface area contributed by atoms with Gasteiger partial charge in [0.1, 0.15) is 16.8 Å². The molecule has 128 valence electrons. The van der Waals surface area contributed by atoms with Crippen LogP contribution in [-0.4, -0.2) is 32.4 Å². The van der Waals surface area contributed by atoms with E-state index in [-0.39, 0.29) is 5.16 Å². The van der Waals surface area contributed by atoms with E-state index < -0.39 is 7.26 Å². The number of rotatable bonds is 3. The van der Waals surface area contributed by atoms with Crippen LogP contribution in [0.3, 0.4) is 0 Å². The summed E-state index contributed by atoms with van der Waals surface area (Å²) >= 11 is 0. The molecule has 0 radical (unpaired) electrons. The Hall–Kier alpha value is -1.73. The van der Waals surface area contributed by atoms with Gasteiger partial charge in [-0.3, -0.25) is 0 Å². The van der Waals surface area contributed by atoms with Gasteiger partial charge in [0.2, 0.25) is 6.35 Å². The topological polar surface area (TPSA) is 27.7 Å². The average Bonchev–Trinajstić information content (AvgIpc) is 2.92. The number of hydrogen-bond donors (Lipinski definition) is 0. The second-order valence-corrected chi connectivity index (χ2v) is 11.8. The van der Waals surface area contributed by atoms with Crippen molar-refractivity contribution >= 4 is 12.6 Å². The normalized spacial score (nSPS) is 19.6. The summed E-state index contributed by atoms with van der Waals surface area (Å²) in [5.74, 6) is 2.66. The van der Waals surface area contributed by atoms with Gasteiger partial charge in [-0.25, -0.2) is 0 Å². The molecule has 0 saturated carbocycles. The first-order chi connectivity index (χ1) is 11.3. The maximum Gasteiger partial charge on any atom is 0.201 e. The van der Waals surface area contributed by atoms with Gasteiger partial charge in [-0.05, 0) is 45.0 Å². The van der Waals surface area contributed by atoms with E-state index in [9.17, 15) is 0 Å². The molecular formula is C20H26O3P+. The Balaban J connectivity index is 2.33. The molecule has 0 bridgehead atoms. The first-order valence-electron chi connectivity index (χ1n) is 8.17. The number of ether oxygens (including phenoxy) is 3. The highest BCUT2D eigenvalue weighted by molar-refractivity contribution is 7.84. The van der Waals surface area contributed by atoms with Gasteiger partial charge < -0.3 is 14.2 Å². The molecule has 1 unspecified atom stereocenters. The molecule has 0 aliphatic carbocycles. The van der Waals surface area contributed by atoms with Gasteiger partial charge in [-0.15, -0.1) is 0 Å². The highest BCUT2D eigenvalue weighted by atomic mass is 31.2. The molecule has 24 heavy (non-hydrogen) atoms. The SMILES string of the molecule is COc1cccc(OC)c1-c1cccc2c1[P+](C)(C(C)(C)C)CO2. The predicted molar refractivity (Wildman–Crippen MR) is 103 cm³/mol. The third kappa shape index (κ3) is 2.46. The first-order valence-corrected chi connectivity index (χ1v) is 10.6. The summed E-state index contributed by atoms with van der Waals surface area (Å²) in [7, 11) is 1.92. The standard InChI is InChI=1S/C20H26O3P/c1-20(2,3)24(6)13-23-17-12-7-9-14(19(17)24)18-15(21-4)10-8-11-16(18)22-5/h7-12H,13H2,1-6H3/q+1. The Morgan fingerprint density at radius 3 is 2.08 bits per heavy atom. The fourth-order valence-electron chi connectivity index (χ4n) is 3.26. The van der Waals surface area contributed by atoms with Crippen LogP contribution in [0, 0.1) is 0 Å². The lowest BCUT2D eigenvalue weighted by molar-refractivity contribution is 0.396. The molecule has 1 aliphatic rings. The molecule has 0 amide bonds. The van der Waals surface area contributed by atoms with E-state index in [0.717, 1.165) is 29.2 Å². The number of hydrogen-bond acceptors (Lipinski definition) is 3. The first kappa shape index (κ1) is 17.1. The fourth-order valence-corrected chi connectivity index (χ4v) is 6.19. The number of benzene rings is 2. The molecule has 0 fully saturated rings. The van der Waals surface area contributed by atoms with Crippen molar-refractivity contribution in [3.05, 3.63) is 36.4 Å². The molecule has 3 rings (SSSR count). The molecule has 0 saturated heterocycles. The van der Waals surface area contributed by atoms with Gasteiger partial charge in [0, 0.05) is 5.56 Å². The van der Waals surface area contributed by atoms with Crippen molar-refractivity contribution in [1.82, 2.24) is 0 Å². The number of methoxy groups -OCH3 is 2. The van der Waals surface area contributed by atoms with E-state index >= 15 is 0 Å². The zero-order valence-corrected chi connectivity index (χ0v) is 16.2. The van der Waals surface area contributed by atoms with Gasteiger partial charge in [0.05, 0.1) is 38.9 Å². The Bertz CT molecular complexity index is 742. The Labute approximate surface area is 145 Å². The van der Waals surface area contributed by atoms with Crippen molar-refractivity contribution in [3.8, 4) is 28.4 Å². The molecule has 0 spiro atoms. The number of fused-ring (bicyclic) bond motifs is 1. The molecule has 4 heteroatoms. The predicted octanol–water partition coefficient (Wildman–Crippen LogP) is 4.79. The Kier molecular flexibility index (Phi) is 4.25. The lowest BCUT2D eigenvalue weighted by Crippen LogP contribution is -2.28. The average molecular weight is 345 g/mol. The molecule has 0 N–H and O–H groups in total. The van der Waals surface area contributed by atoms with Crippen LogP contribution in [0.1, 0.15) is 20.8 Å². The van der Waals surface area contributed by atoms with Crippen LogP contribution in [0.15, 0.2) is 36.4 Å². The van der Waals surface area contributed by atoms with E-state index in [0.29, 0.717) is 0 Å². The van der Waals surface area contributed by atoms with Crippen LogP contribution < -0.4 is 19.5 Å². The summed E-state index contributed by atoms with van der Waals surface area (Å²) in [5, 5.41) is 1.52. The van der Waals surface area contributed by atoms with Gasteiger partial charge >= 0.3 is 0 Å². The monoisotopic (exact) mass is 345 g/mol. The fraction of sp³-hybridized carbons (Fsp3) is 0.400.